The Labute approximate surface area is 113 Å². The van der Waals surface area contributed by atoms with E-state index in [0.29, 0.717) is 26.2 Å². The summed E-state index contributed by atoms with van der Waals surface area (Å²) >= 11 is 0. The lowest BCUT2D eigenvalue weighted by atomic mass is 10.0. The smallest absolute Gasteiger partial charge is 0.0818 e. The molecule has 1 heterocycles. The quantitative estimate of drug-likeness (QED) is 0.777. The van der Waals surface area contributed by atoms with Gasteiger partial charge in [0.2, 0.25) is 0 Å². The van der Waals surface area contributed by atoms with E-state index >= 15 is 0 Å². The minimum Gasteiger partial charge on any atom is -0.388 e. The van der Waals surface area contributed by atoms with Gasteiger partial charge in [-0.2, -0.15) is 0 Å². The van der Waals surface area contributed by atoms with Gasteiger partial charge in [0, 0.05) is 31.7 Å². The third-order valence-electron chi connectivity index (χ3n) is 3.01. The molecule has 1 unspecified atom stereocenters. The Kier molecular flexibility index (Phi) is 5.27. The van der Waals surface area contributed by atoms with Crippen molar-refractivity contribution in [3.63, 3.8) is 0 Å². The Hall–Kier alpha value is -1.49. The van der Waals surface area contributed by atoms with Crippen molar-refractivity contribution >= 4 is 10.9 Å². The molecule has 0 bridgehead atoms. The number of aliphatic hydroxyl groups excluding tert-OH is 1. The van der Waals surface area contributed by atoms with Gasteiger partial charge in [0.05, 0.1) is 24.8 Å². The zero-order chi connectivity index (χ0) is 13.5. The topological polar surface area (TPSA) is 51.6 Å². The van der Waals surface area contributed by atoms with Gasteiger partial charge >= 0.3 is 0 Å². The summed E-state index contributed by atoms with van der Waals surface area (Å²) in [4.78, 5) is 4.29. The minimum absolute atomic E-state index is 0.515. The van der Waals surface area contributed by atoms with Gasteiger partial charge in [0.1, 0.15) is 0 Å². The van der Waals surface area contributed by atoms with Crippen molar-refractivity contribution in [2.45, 2.75) is 12.5 Å². The van der Waals surface area contributed by atoms with Crippen LogP contribution in [0, 0.1) is 0 Å². The molecule has 0 aliphatic rings. The van der Waals surface area contributed by atoms with Crippen LogP contribution in [0.1, 0.15) is 18.1 Å². The molecule has 0 aliphatic heterocycles. The van der Waals surface area contributed by atoms with Crippen molar-refractivity contribution in [1.29, 1.82) is 0 Å². The van der Waals surface area contributed by atoms with E-state index < -0.39 is 6.10 Å². The molecule has 1 aromatic heterocycles. The summed E-state index contributed by atoms with van der Waals surface area (Å²) in [7, 11) is 1.64. The van der Waals surface area contributed by atoms with Gasteiger partial charge in [-0.15, -0.1) is 0 Å². The van der Waals surface area contributed by atoms with E-state index in [1.54, 1.807) is 13.3 Å². The summed E-state index contributed by atoms with van der Waals surface area (Å²) in [6.07, 6.45) is 1.79. The molecular formula is C15H19NO3. The predicted octanol–water partition coefficient (Wildman–Crippen LogP) is 2.32. The average Bonchev–Trinajstić information content (AvgIpc) is 2.46. The number of nitrogens with zero attached hydrogens (tertiary/aromatic N) is 1. The molecule has 0 saturated carbocycles. The maximum atomic E-state index is 10.2. The maximum absolute atomic E-state index is 10.2. The highest BCUT2D eigenvalue weighted by Gasteiger charge is 2.11. The third kappa shape index (κ3) is 3.73. The Balaban J connectivity index is 1.99. The fourth-order valence-corrected chi connectivity index (χ4v) is 2.01. The van der Waals surface area contributed by atoms with Crippen LogP contribution in [0.4, 0.5) is 0 Å². The van der Waals surface area contributed by atoms with Crippen molar-refractivity contribution < 1.29 is 14.6 Å². The molecular weight excluding hydrogens is 242 g/mol. The molecule has 102 valence electrons. The largest absolute Gasteiger partial charge is 0.388 e. The summed E-state index contributed by atoms with van der Waals surface area (Å²) in [5, 5.41) is 11.2. The monoisotopic (exact) mass is 261 g/mol. The van der Waals surface area contributed by atoms with Crippen LogP contribution in [-0.2, 0) is 9.47 Å². The lowest BCUT2D eigenvalue weighted by molar-refractivity contribution is 0.0478. The molecule has 0 saturated heterocycles. The van der Waals surface area contributed by atoms with Gasteiger partial charge in [-0.05, 0) is 17.7 Å². The summed E-state index contributed by atoms with van der Waals surface area (Å²) in [6, 6.07) is 9.66. The van der Waals surface area contributed by atoms with Crippen LogP contribution in [0.5, 0.6) is 0 Å². The van der Waals surface area contributed by atoms with E-state index in [2.05, 4.69) is 4.98 Å². The highest BCUT2D eigenvalue weighted by Crippen LogP contribution is 2.24. The number of rotatable bonds is 7. The zero-order valence-electron chi connectivity index (χ0n) is 11.1. The average molecular weight is 261 g/mol. The highest BCUT2D eigenvalue weighted by molar-refractivity contribution is 5.82. The van der Waals surface area contributed by atoms with E-state index in [4.69, 9.17) is 9.47 Å². The summed E-state index contributed by atoms with van der Waals surface area (Å²) in [5.74, 6) is 0. The first-order chi connectivity index (χ1) is 9.33. The second kappa shape index (κ2) is 7.19. The number of aromatic nitrogens is 1. The lowest BCUT2D eigenvalue weighted by Gasteiger charge is -2.13. The van der Waals surface area contributed by atoms with Crippen molar-refractivity contribution in [2.75, 3.05) is 26.9 Å². The van der Waals surface area contributed by atoms with Gasteiger partial charge in [0.25, 0.3) is 0 Å². The molecule has 4 heteroatoms. The number of ether oxygens (including phenoxy) is 2. The van der Waals surface area contributed by atoms with Crippen LogP contribution in [0.25, 0.3) is 10.9 Å². The molecule has 2 rings (SSSR count). The number of methoxy groups -OCH3 is 1. The first-order valence-corrected chi connectivity index (χ1v) is 6.41. The van der Waals surface area contributed by atoms with E-state index in [9.17, 15) is 5.11 Å². The number of pyridine rings is 1. The van der Waals surface area contributed by atoms with Crippen LogP contribution in [0.2, 0.25) is 0 Å². The second-order valence-electron chi connectivity index (χ2n) is 4.33. The van der Waals surface area contributed by atoms with Crippen molar-refractivity contribution in [3.8, 4) is 0 Å². The molecule has 0 aliphatic carbocycles. The minimum atomic E-state index is -0.532. The fraction of sp³-hybridized carbons (Fsp3) is 0.400. The number of hydrogen-bond acceptors (Lipinski definition) is 4. The summed E-state index contributed by atoms with van der Waals surface area (Å²) in [5.41, 5.74) is 1.81. The van der Waals surface area contributed by atoms with Gasteiger partial charge < -0.3 is 14.6 Å². The fourth-order valence-electron chi connectivity index (χ4n) is 2.01. The number of fused-ring (bicyclic) bond motifs is 1. The molecule has 0 amide bonds. The first kappa shape index (κ1) is 13.9. The van der Waals surface area contributed by atoms with Crippen LogP contribution in [0.15, 0.2) is 36.5 Å². The number of hydrogen-bond donors (Lipinski definition) is 1. The molecule has 4 nitrogen and oxygen atoms in total. The van der Waals surface area contributed by atoms with Crippen LogP contribution < -0.4 is 0 Å². The first-order valence-electron chi connectivity index (χ1n) is 6.41. The van der Waals surface area contributed by atoms with Crippen LogP contribution >= 0.6 is 0 Å². The highest BCUT2D eigenvalue weighted by atomic mass is 16.5. The van der Waals surface area contributed by atoms with Crippen molar-refractivity contribution in [3.05, 3.63) is 42.1 Å². The normalized spacial score (nSPS) is 12.7. The lowest BCUT2D eigenvalue weighted by Crippen LogP contribution is -2.07. The van der Waals surface area contributed by atoms with Crippen LogP contribution in [0.3, 0.4) is 0 Å². The molecule has 1 N–H and O–H groups in total. The van der Waals surface area contributed by atoms with Crippen molar-refractivity contribution in [1.82, 2.24) is 4.98 Å². The molecule has 2 aromatic rings. The second-order valence-corrected chi connectivity index (χ2v) is 4.33. The Morgan fingerprint density at radius 3 is 2.89 bits per heavy atom. The zero-order valence-corrected chi connectivity index (χ0v) is 11.1. The Morgan fingerprint density at radius 2 is 2.05 bits per heavy atom. The van der Waals surface area contributed by atoms with Crippen LogP contribution in [-0.4, -0.2) is 37.0 Å². The molecule has 0 spiro atoms. The molecule has 0 radical (unpaired) electrons. The molecule has 1 aromatic carbocycles. The SMILES string of the molecule is COCCOCCC(O)c1cccc2ncccc12. The standard InChI is InChI=1S/C15H19NO3/c1-18-10-11-19-9-7-15(17)13-4-2-6-14-12(13)5-3-8-16-14/h2-6,8,15,17H,7,9-11H2,1H3. The van der Waals surface area contributed by atoms with E-state index in [1.807, 2.05) is 30.3 Å². The maximum Gasteiger partial charge on any atom is 0.0818 e. The molecule has 19 heavy (non-hydrogen) atoms. The van der Waals surface area contributed by atoms with E-state index in [-0.39, 0.29) is 0 Å². The van der Waals surface area contributed by atoms with Gasteiger partial charge in [0.15, 0.2) is 0 Å². The summed E-state index contributed by atoms with van der Waals surface area (Å²) in [6.45, 7) is 1.65. The Bertz CT molecular complexity index is 510. The van der Waals surface area contributed by atoms with Gasteiger partial charge in [-0.1, -0.05) is 18.2 Å². The molecule has 0 fully saturated rings. The third-order valence-corrected chi connectivity index (χ3v) is 3.01. The summed E-state index contributed by atoms with van der Waals surface area (Å²) < 4.78 is 10.3. The van der Waals surface area contributed by atoms with E-state index in [1.165, 1.54) is 0 Å². The Morgan fingerprint density at radius 1 is 1.16 bits per heavy atom. The van der Waals surface area contributed by atoms with Gasteiger partial charge in [-0.25, -0.2) is 0 Å². The molecule has 1 atom stereocenters. The number of aliphatic hydroxyl groups is 1. The van der Waals surface area contributed by atoms with Crippen molar-refractivity contribution in [2.24, 2.45) is 0 Å². The number of benzene rings is 1. The van der Waals surface area contributed by atoms with E-state index in [0.717, 1.165) is 16.5 Å². The predicted molar refractivity (Wildman–Crippen MR) is 74.0 cm³/mol. The van der Waals surface area contributed by atoms with Gasteiger partial charge in [-0.3, -0.25) is 4.98 Å².